The van der Waals surface area contributed by atoms with Crippen molar-refractivity contribution in [3.63, 3.8) is 0 Å². The van der Waals surface area contributed by atoms with E-state index in [0.29, 0.717) is 6.54 Å². The van der Waals surface area contributed by atoms with Gasteiger partial charge in [0.05, 0.1) is 11.4 Å². The lowest BCUT2D eigenvalue weighted by atomic mass is 10.3. The standard InChI is InChI=1S/C13H16BrN3S/c1-17(8-13-5-10(14)9-18-13)7-12-4-2-3-11(6-15)16-12/h2-5,9H,6-8,15H2,1H3. The van der Waals surface area contributed by atoms with Crippen LogP contribution in [0.4, 0.5) is 0 Å². The minimum absolute atomic E-state index is 0.495. The molecule has 0 spiro atoms. The average Bonchev–Trinajstić information content (AvgIpc) is 2.74. The van der Waals surface area contributed by atoms with Crippen molar-refractivity contribution < 1.29 is 0 Å². The van der Waals surface area contributed by atoms with E-state index in [4.69, 9.17) is 5.73 Å². The van der Waals surface area contributed by atoms with E-state index in [9.17, 15) is 0 Å². The van der Waals surface area contributed by atoms with Crippen molar-refractivity contribution in [3.05, 3.63) is 50.4 Å². The molecule has 0 unspecified atom stereocenters. The molecule has 2 heterocycles. The largest absolute Gasteiger partial charge is 0.325 e. The second kappa shape index (κ2) is 6.43. The van der Waals surface area contributed by atoms with Gasteiger partial charge >= 0.3 is 0 Å². The molecular formula is C13H16BrN3S. The van der Waals surface area contributed by atoms with Crippen molar-refractivity contribution in [2.45, 2.75) is 19.6 Å². The van der Waals surface area contributed by atoms with Crippen LogP contribution in [0.2, 0.25) is 0 Å². The number of thiophene rings is 1. The molecule has 0 radical (unpaired) electrons. The summed E-state index contributed by atoms with van der Waals surface area (Å²) in [5, 5.41) is 2.11. The summed E-state index contributed by atoms with van der Waals surface area (Å²) in [6, 6.07) is 8.17. The van der Waals surface area contributed by atoms with Crippen LogP contribution in [0.15, 0.2) is 34.1 Å². The number of rotatable bonds is 5. The fourth-order valence-electron chi connectivity index (χ4n) is 1.77. The van der Waals surface area contributed by atoms with Crippen molar-refractivity contribution in [2.24, 2.45) is 5.73 Å². The van der Waals surface area contributed by atoms with Gasteiger partial charge in [-0.25, -0.2) is 0 Å². The summed E-state index contributed by atoms with van der Waals surface area (Å²) >= 11 is 5.24. The molecule has 3 nitrogen and oxygen atoms in total. The lowest BCUT2D eigenvalue weighted by molar-refractivity contribution is 0.317. The van der Waals surface area contributed by atoms with Gasteiger partial charge in [0.2, 0.25) is 0 Å². The first-order valence-electron chi connectivity index (χ1n) is 5.73. The summed E-state index contributed by atoms with van der Waals surface area (Å²) < 4.78 is 1.15. The second-order valence-corrected chi connectivity index (χ2v) is 6.14. The summed E-state index contributed by atoms with van der Waals surface area (Å²) in [5.74, 6) is 0. The van der Waals surface area contributed by atoms with Crippen LogP contribution in [0, 0.1) is 0 Å². The number of nitrogens with zero attached hydrogens (tertiary/aromatic N) is 2. The topological polar surface area (TPSA) is 42.1 Å². The van der Waals surface area contributed by atoms with Gasteiger partial charge in [0.1, 0.15) is 0 Å². The molecule has 96 valence electrons. The number of hydrogen-bond acceptors (Lipinski definition) is 4. The Balaban J connectivity index is 1.96. The molecule has 0 aliphatic carbocycles. The van der Waals surface area contributed by atoms with Gasteiger partial charge in [0.15, 0.2) is 0 Å². The summed E-state index contributed by atoms with van der Waals surface area (Å²) in [6.07, 6.45) is 0. The predicted octanol–water partition coefficient (Wildman–Crippen LogP) is 3.00. The van der Waals surface area contributed by atoms with Gasteiger partial charge in [-0.15, -0.1) is 11.3 Å². The third-order valence-electron chi connectivity index (χ3n) is 2.55. The maximum absolute atomic E-state index is 5.60. The average molecular weight is 326 g/mol. The van der Waals surface area contributed by atoms with E-state index in [1.54, 1.807) is 11.3 Å². The Hall–Kier alpha value is -0.750. The van der Waals surface area contributed by atoms with Crippen LogP contribution in [0.5, 0.6) is 0 Å². The lowest BCUT2D eigenvalue weighted by Crippen LogP contribution is -2.17. The first-order valence-corrected chi connectivity index (χ1v) is 7.41. The van der Waals surface area contributed by atoms with Crippen molar-refractivity contribution in [1.29, 1.82) is 0 Å². The molecular weight excluding hydrogens is 310 g/mol. The van der Waals surface area contributed by atoms with Crippen LogP contribution >= 0.6 is 27.3 Å². The molecule has 0 aromatic carbocycles. The maximum Gasteiger partial charge on any atom is 0.0547 e. The van der Waals surface area contributed by atoms with Gasteiger partial charge in [-0.2, -0.15) is 0 Å². The van der Waals surface area contributed by atoms with Gasteiger partial charge in [-0.1, -0.05) is 6.07 Å². The zero-order valence-electron chi connectivity index (χ0n) is 10.3. The van der Waals surface area contributed by atoms with Crippen LogP contribution in [0.25, 0.3) is 0 Å². The highest BCUT2D eigenvalue weighted by Gasteiger charge is 2.05. The van der Waals surface area contributed by atoms with Crippen LogP contribution in [-0.2, 0) is 19.6 Å². The first-order chi connectivity index (χ1) is 8.67. The molecule has 5 heteroatoms. The van der Waals surface area contributed by atoms with E-state index in [1.807, 2.05) is 18.2 Å². The molecule has 0 aliphatic rings. The number of hydrogen-bond donors (Lipinski definition) is 1. The van der Waals surface area contributed by atoms with Gasteiger partial charge < -0.3 is 5.73 Å². The highest BCUT2D eigenvalue weighted by molar-refractivity contribution is 9.10. The summed E-state index contributed by atoms with van der Waals surface area (Å²) in [4.78, 5) is 8.10. The SMILES string of the molecule is CN(Cc1cccc(CN)n1)Cc1cc(Br)cs1. The number of halogens is 1. The zero-order chi connectivity index (χ0) is 13.0. The van der Waals surface area contributed by atoms with E-state index in [-0.39, 0.29) is 0 Å². The monoisotopic (exact) mass is 325 g/mol. The molecule has 0 aliphatic heterocycles. The van der Waals surface area contributed by atoms with Gasteiger partial charge in [-0.05, 0) is 41.2 Å². The van der Waals surface area contributed by atoms with E-state index in [2.05, 4.69) is 44.3 Å². The summed E-state index contributed by atoms with van der Waals surface area (Å²) in [6.45, 7) is 2.27. The van der Waals surface area contributed by atoms with Crippen LogP contribution < -0.4 is 5.73 Å². The molecule has 18 heavy (non-hydrogen) atoms. The van der Waals surface area contributed by atoms with E-state index < -0.39 is 0 Å². The number of pyridine rings is 1. The normalized spacial score (nSPS) is 11.1. The van der Waals surface area contributed by atoms with Crippen molar-refractivity contribution in [2.75, 3.05) is 7.05 Å². The maximum atomic E-state index is 5.60. The highest BCUT2D eigenvalue weighted by atomic mass is 79.9. The molecule has 2 aromatic heterocycles. The Morgan fingerprint density at radius 1 is 1.33 bits per heavy atom. The van der Waals surface area contributed by atoms with E-state index in [0.717, 1.165) is 29.0 Å². The van der Waals surface area contributed by atoms with E-state index >= 15 is 0 Å². The summed E-state index contributed by atoms with van der Waals surface area (Å²) in [5.41, 5.74) is 7.61. The molecule has 2 N–H and O–H groups in total. The molecule has 0 bridgehead atoms. The van der Waals surface area contributed by atoms with Gasteiger partial charge in [0.25, 0.3) is 0 Å². The Bertz CT molecular complexity index is 512. The highest BCUT2D eigenvalue weighted by Crippen LogP contribution is 2.21. The predicted molar refractivity (Wildman–Crippen MR) is 79.3 cm³/mol. The third-order valence-corrected chi connectivity index (χ3v) is 4.24. The van der Waals surface area contributed by atoms with Crippen LogP contribution in [-0.4, -0.2) is 16.9 Å². The minimum Gasteiger partial charge on any atom is -0.325 e. The van der Waals surface area contributed by atoms with Crippen LogP contribution in [0.3, 0.4) is 0 Å². The molecule has 0 fully saturated rings. The summed E-state index contributed by atoms with van der Waals surface area (Å²) in [7, 11) is 2.10. The minimum atomic E-state index is 0.495. The second-order valence-electron chi connectivity index (χ2n) is 4.23. The fraction of sp³-hybridized carbons (Fsp3) is 0.308. The van der Waals surface area contributed by atoms with Crippen LogP contribution in [0.1, 0.15) is 16.3 Å². The van der Waals surface area contributed by atoms with Crippen molar-refractivity contribution in [3.8, 4) is 0 Å². The van der Waals surface area contributed by atoms with Gasteiger partial charge in [0, 0.05) is 34.4 Å². The van der Waals surface area contributed by atoms with E-state index in [1.165, 1.54) is 4.88 Å². The lowest BCUT2D eigenvalue weighted by Gasteiger charge is -2.15. The molecule has 2 aromatic rings. The molecule has 0 amide bonds. The zero-order valence-corrected chi connectivity index (χ0v) is 12.7. The Kier molecular flexibility index (Phi) is 4.88. The Labute approximate surface area is 120 Å². The quantitative estimate of drug-likeness (QED) is 0.918. The molecule has 2 rings (SSSR count). The molecule has 0 saturated carbocycles. The number of nitrogens with two attached hydrogens (primary N) is 1. The smallest absolute Gasteiger partial charge is 0.0547 e. The Morgan fingerprint density at radius 2 is 2.11 bits per heavy atom. The Morgan fingerprint density at radius 3 is 2.78 bits per heavy atom. The van der Waals surface area contributed by atoms with Crippen molar-refractivity contribution >= 4 is 27.3 Å². The fourth-order valence-corrected chi connectivity index (χ4v) is 3.30. The number of aromatic nitrogens is 1. The van der Waals surface area contributed by atoms with Crippen molar-refractivity contribution in [1.82, 2.24) is 9.88 Å². The van der Waals surface area contributed by atoms with Gasteiger partial charge in [-0.3, -0.25) is 9.88 Å². The molecule has 0 atom stereocenters. The third kappa shape index (κ3) is 3.88. The molecule has 0 saturated heterocycles. The first kappa shape index (κ1) is 13.7.